The molecule has 5 nitrogen and oxygen atoms in total. The van der Waals surface area contributed by atoms with Gasteiger partial charge in [0, 0.05) is 31.2 Å². The second-order valence-electron chi connectivity index (χ2n) is 19.0. The molecule has 1 rings (SSSR count). The molecular formula is C49H97NO4Si2. The van der Waals surface area contributed by atoms with Crippen LogP contribution in [0.3, 0.4) is 0 Å². The van der Waals surface area contributed by atoms with Crippen LogP contribution in [0.25, 0.3) is 0 Å². The molecule has 1 atom stereocenters. The predicted octanol–water partition coefficient (Wildman–Crippen LogP) is 16.3. The number of unbranched alkanes of at least 4 members (excludes halogenated alkanes) is 15. The van der Waals surface area contributed by atoms with Crippen molar-refractivity contribution in [2.24, 2.45) is 0 Å². The SMILES string of the molecule is CCCCCCCCCCC(Oc1ccc(CNCC)c(OCCCCCCCCCCCO[Si](C(C)C)(C(C)C)C(C)C)c1)O[Si](C(C)C)(C(C)C)C(C)C. The first-order valence-electron chi connectivity index (χ1n) is 24.1. The molecule has 0 heterocycles. The zero-order valence-electron chi connectivity index (χ0n) is 40.0. The van der Waals surface area contributed by atoms with Crippen LogP contribution in [0.5, 0.6) is 11.5 Å². The maximum atomic E-state index is 7.29. The normalized spacial score (nSPS) is 13.4. The summed E-state index contributed by atoms with van der Waals surface area (Å²) in [6, 6.07) is 6.47. The van der Waals surface area contributed by atoms with E-state index in [0.717, 1.165) is 57.1 Å². The molecule has 0 bridgehead atoms. The first kappa shape index (κ1) is 53.2. The average molecular weight is 820 g/mol. The molecule has 1 aromatic carbocycles. The fraction of sp³-hybridized carbons (Fsp3) is 0.878. The fourth-order valence-corrected chi connectivity index (χ4v) is 20.8. The number of nitrogens with one attached hydrogen (secondary N) is 1. The molecule has 0 aliphatic heterocycles. The van der Waals surface area contributed by atoms with Crippen LogP contribution in [0.15, 0.2) is 18.2 Å². The fourth-order valence-electron chi connectivity index (χ4n) is 9.90. The maximum Gasteiger partial charge on any atom is 0.205 e. The van der Waals surface area contributed by atoms with Gasteiger partial charge in [0.05, 0.1) is 6.61 Å². The number of hydrogen-bond acceptors (Lipinski definition) is 5. The van der Waals surface area contributed by atoms with Crippen molar-refractivity contribution >= 4 is 16.6 Å². The summed E-state index contributed by atoms with van der Waals surface area (Å²) in [5, 5.41) is 3.51. The minimum absolute atomic E-state index is 0.226. The van der Waals surface area contributed by atoms with Crippen molar-refractivity contribution in [3.63, 3.8) is 0 Å². The summed E-state index contributed by atoms with van der Waals surface area (Å²) in [4.78, 5) is 0. The summed E-state index contributed by atoms with van der Waals surface area (Å²) in [5.41, 5.74) is 4.77. The molecule has 1 N–H and O–H groups in total. The summed E-state index contributed by atoms with van der Waals surface area (Å²) in [6.45, 7) is 36.4. The van der Waals surface area contributed by atoms with Gasteiger partial charge in [0.2, 0.25) is 8.32 Å². The predicted molar refractivity (Wildman–Crippen MR) is 252 cm³/mol. The van der Waals surface area contributed by atoms with E-state index in [1.807, 2.05) is 0 Å². The van der Waals surface area contributed by atoms with E-state index < -0.39 is 16.6 Å². The molecule has 56 heavy (non-hydrogen) atoms. The van der Waals surface area contributed by atoms with Crippen molar-refractivity contribution in [1.29, 1.82) is 0 Å². The number of rotatable bonds is 36. The van der Waals surface area contributed by atoms with Gasteiger partial charge in [0.25, 0.3) is 0 Å². The van der Waals surface area contributed by atoms with E-state index in [1.54, 1.807) is 0 Å². The molecule has 1 unspecified atom stereocenters. The van der Waals surface area contributed by atoms with Crippen molar-refractivity contribution in [1.82, 2.24) is 5.32 Å². The van der Waals surface area contributed by atoms with Crippen molar-refractivity contribution < 1.29 is 18.3 Å². The van der Waals surface area contributed by atoms with Gasteiger partial charge in [0.15, 0.2) is 14.6 Å². The highest BCUT2D eigenvalue weighted by Crippen LogP contribution is 2.44. The van der Waals surface area contributed by atoms with Gasteiger partial charge in [-0.05, 0) is 65.1 Å². The third-order valence-corrected chi connectivity index (χ3v) is 25.0. The van der Waals surface area contributed by atoms with Crippen LogP contribution < -0.4 is 14.8 Å². The minimum Gasteiger partial charge on any atom is -0.493 e. The molecule has 0 aromatic heterocycles. The molecule has 1 aromatic rings. The molecule has 0 saturated carbocycles. The van der Waals surface area contributed by atoms with Gasteiger partial charge in [-0.25, -0.2) is 0 Å². The first-order chi connectivity index (χ1) is 26.7. The van der Waals surface area contributed by atoms with Gasteiger partial charge in [-0.1, -0.05) is 193 Å². The van der Waals surface area contributed by atoms with E-state index >= 15 is 0 Å². The van der Waals surface area contributed by atoms with Crippen LogP contribution in [0.2, 0.25) is 33.2 Å². The van der Waals surface area contributed by atoms with Crippen LogP contribution in [0.4, 0.5) is 0 Å². The van der Waals surface area contributed by atoms with E-state index in [1.165, 1.54) is 102 Å². The summed E-state index contributed by atoms with van der Waals surface area (Å²) in [5.74, 6) is 1.82. The Morgan fingerprint density at radius 3 is 1.43 bits per heavy atom. The van der Waals surface area contributed by atoms with Gasteiger partial charge in [-0.3, -0.25) is 0 Å². The quantitative estimate of drug-likeness (QED) is 0.0415. The lowest BCUT2D eigenvalue weighted by Gasteiger charge is -2.44. The Kier molecular flexibility index (Phi) is 28.7. The molecule has 0 radical (unpaired) electrons. The Balaban J connectivity index is 2.71. The van der Waals surface area contributed by atoms with Crippen LogP contribution in [0, 0.1) is 0 Å². The molecular weight excluding hydrogens is 723 g/mol. The molecule has 0 aliphatic carbocycles. The van der Waals surface area contributed by atoms with Crippen LogP contribution in [-0.2, 0) is 15.4 Å². The Hall–Kier alpha value is -0.866. The maximum absolute atomic E-state index is 7.29. The van der Waals surface area contributed by atoms with Gasteiger partial charge in [0.1, 0.15) is 11.5 Å². The van der Waals surface area contributed by atoms with Crippen LogP contribution >= 0.6 is 0 Å². The summed E-state index contributed by atoms with van der Waals surface area (Å²) < 4.78 is 27.4. The Morgan fingerprint density at radius 1 is 0.518 bits per heavy atom. The number of ether oxygens (including phenoxy) is 2. The number of hydrogen-bond donors (Lipinski definition) is 1. The Labute approximate surface area is 352 Å². The Bertz CT molecular complexity index is 1050. The molecule has 0 saturated heterocycles. The monoisotopic (exact) mass is 820 g/mol. The Morgan fingerprint density at radius 2 is 0.964 bits per heavy atom. The van der Waals surface area contributed by atoms with E-state index in [2.05, 4.69) is 120 Å². The van der Waals surface area contributed by atoms with Crippen molar-refractivity contribution in [3.05, 3.63) is 23.8 Å². The zero-order chi connectivity index (χ0) is 42.0. The van der Waals surface area contributed by atoms with E-state index in [-0.39, 0.29) is 6.29 Å². The molecule has 0 spiro atoms. The second kappa shape index (κ2) is 30.2. The largest absolute Gasteiger partial charge is 0.493 e. The van der Waals surface area contributed by atoms with Crippen molar-refractivity contribution in [2.75, 3.05) is 19.8 Å². The van der Waals surface area contributed by atoms with Gasteiger partial charge < -0.3 is 23.6 Å². The molecule has 330 valence electrons. The lowest BCUT2D eigenvalue weighted by molar-refractivity contribution is -0.0167. The minimum atomic E-state index is -2.11. The highest BCUT2D eigenvalue weighted by Gasteiger charge is 2.47. The topological polar surface area (TPSA) is 49.0 Å². The lowest BCUT2D eigenvalue weighted by Crippen LogP contribution is -2.51. The highest BCUT2D eigenvalue weighted by atomic mass is 28.4. The smallest absolute Gasteiger partial charge is 0.205 e. The molecule has 7 heteroatoms. The third-order valence-electron chi connectivity index (χ3n) is 12.8. The zero-order valence-corrected chi connectivity index (χ0v) is 42.0. The summed E-state index contributed by atoms with van der Waals surface area (Å²) in [6.07, 6.45) is 22.6. The summed E-state index contributed by atoms with van der Waals surface area (Å²) >= 11 is 0. The van der Waals surface area contributed by atoms with Crippen molar-refractivity contribution in [3.8, 4) is 11.5 Å². The third kappa shape index (κ3) is 18.6. The van der Waals surface area contributed by atoms with E-state index in [0.29, 0.717) is 33.2 Å². The van der Waals surface area contributed by atoms with Gasteiger partial charge >= 0.3 is 0 Å². The highest BCUT2D eigenvalue weighted by molar-refractivity contribution is 6.78. The first-order valence-corrected chi connectivity index (χ1v) is 28.4. The molecule has 0 fully saturated rings. The average Bonchev–Trinajstić information content (AvgIpc) is 3.13. The van der Waals surface area contributed by atoms with E-state index in [9.17, 15) is 0 Å². The van der Waals surface area contributed by atoms with Crippen LogP contribution in [-0.4, -0.2) is 42.7 Å². The molecule has 0 aliphatic rings. The lowest BCUT2D eigenvalue weighted by atomic mass is 10.1. The van der Waals surface area contributed by atoms with Gasteiger partial charge in [-0.15, -0.1) is 0 Å². The summed E-state index contributed by atoms with van der Waals surface area (Å²) in [7, 11) is -3.83. The standard InChI is InChI=1S/C49H97NO4Si2/c1-15-17-18-19-20-24-27-30-33-49(54-56(43(9)10,44(11)12)45(13)14)53-47-35-34-46(39-50-16-2)48(38-47)51-36-31-28-25-22-21-23-26-29-32-37-52-55(40(3)4,41(5)6)42(7)8/h34-35,38,40-45,49-50H,15-33,36-37,39H2,1-14H3. The van der Waals surface area contributed by atoms with E-state index in [4.69, 9.17) is 18.3 Å². The second-order valence-corrected chi connectivity index (χ2v) is 29.9. The van der Waals surface area contributed by atoms with Crippen LogP contribution in [0.1, 0.15) is 218 Å². The van der Waals surface area contributed by atoms with Gasteiger partial charge in [-0.2, -0.15) is 0 Å². The number of benzene rings is 1. The molecule has 0 amide bonds. The van der Waals surface area contributed by atoms with Crippen molar-refractivity contribution in [2.45, 2.75) is 259 Å².